The van der Waals surface area contributed by atoms with Crippen molar-refractivity contribution in [1.82, 2.24) is 15.3 Å². The lowest BCUT2D eigenvalue weighted by atomic mass is 9.90. The predicted octanol–water partition coefficient (Wildman–Crippen LogP) is 5.84. The van der Waals surface area contributed by atoms with Crippen LogP contribution >= 0.6 is 0 Å². The predicted molar refractivity (Wildman–Crippen MR) is 116 cm³/mol. The molecule has 162 valence electrons. The lowest BCUT2D eigenvalue weighted by molar-refractivity contribution is -0.0503. The van der Waals surface area contributed by atoms with Gasteiger partial charge in [0.15, 0.2) is 0 Å². The molecular weight excluding hydrogens is 396 g/mol. The molecule has 1 aliphatic rings. The van der Waals surface area contributed by atoms with E-state index in [2.05, 4.69) is 30.2 Å². The van der Waals surface area contributed by atoms with Gasteiger partial charge < -0.3 is 10.1 Å². The van der Waals surface area contributed by atoms with Crippen molar-refractivity contribution in [1.29, 1.82) is 0 Å². The summed E-state index contributed by atoms with van der Waals surface area (Å²) in [5, 5.41) is 3.75. The van der Waals surface area contributed by atoms with E-state index in [-0.39, 0.29) is 17.8 Å². The lowest BCUT2D eigenvalue weighted by Gasteiger charge is -2.32. The summed E-state index contributed by atoms with van der Waals surface area (Å²) in [6, 6.07) is 13.3. The number of ether oxygens (including phenoxy) is 1. The van der Waals surface area contributed by atoms with Gasteiger partial charge in [-0.25, -0.2) is 0 Å². The first-order valence-electron chi connectivity index (χ1n) is 10.7. The van der Waals surface area contributed by atoms with Crippen molar-refractivity contribution in [3.05, 3.63) is 88.5 Å². The number of halogens is 2. The maximum absolute atomic E-state index is 12.8. The summed E-state index contributed by atoms with van der Waals surface area (Å²) in [5.41, 5.74) is 6.19. The summed E-state index contributed by atoms with van der Waals surface area (Å²) < 4.78 is 30.3. The van der Waals surface area contributed by atoms with E-state index in [0.29, 0.717) is 6.42 Å². The fourth-order valence-electron chi connectivity index (χ4n) is 4.43. The zero-order valence-corrected chi connectivity index (χ0v) is 17.8. The van der Waals surface area contributed by atoms with E-state index in [0.717, 1.165) is 47.3 Å². The highest BCUT2D eigenvalue weighted by molar-refractivity contribution is 5.41. The van der Waals surface area contributed by atoms with Crippen molar-refractivity contribution in [3.8, 4) is 5.75 Å². The minimum Gasteiger partial charge on any atom is -0.435 e. The monoisotopic (exact) mass is 423 g/mol. The summed E-state index contributed by atoms with van der Waals surface area (Å²) in [6.07, 6.45) is 7.31. The maximum Gasteiger partial charge on any atom is 0.387 e. The molecule has 0 radical (unpaired) electrons. The second-order valence-electron chi connectivity index (χ2n) is 8.05. The van der Waals surface area contributed by atoms with Gasteiger partial charge in [-0.15, -0.1) is 0 Å². The van der Waals surface area contributed by atoms with Crippen LogP contribution in [0.1, 0.15) is 65.0 Å². The highest BCUT2D eigenvalue weighted by Crippen LogP contribution is 2.34. The molecule has 6 heteroatoms. The molecule has 1 aliphatic heterocycles. The van der Waals surface area contributed by atoms with Crippen LogP contribution in [0.25, 0.3) is 0 Å². The normalized spacial score (nSPS) is 18.9. The number of piperidine rings is 1. The second-order valence-corrected chi connectivity index (χ2v) is 8.05. The van der Waals surface area contributed by atoms with Crippen molar-refractivity contribution in [2.45, 2.75) is 58.2 Å². The van der Waals surface area contributed by atoms with Gasteiger partial charge in [0.1, 0.15) is 5.75 Å². The zero-order chi connectivity index (χ0) is 21.8. The first kappa shape index (κ1) is 21.4. The van der Waals surface area contributed by atoms with Crippen molar-refractivity contribution in [2.75, 3.05) is 0 Å². The van der Waals surface area contributed by atoms with Gasteiger partial charge in [0.25, 0.3) is 0 Å². The first-order valence-corrected chi connectivity index (χ1v) is 10.7. The molecule has 1 fully saturated rings. The number of pyridine rings is 2. The lowest BCUT2D eigenvalue weighted by Crippen LogP contribution is -2.32. The average Bonchev–Trinajstić information content (AvgIpc) is 2.76. The second kappa shape index (κ2) is 9.52. The Hall–Kier alpha value is -2.86. The SMILES string of the molecule is Cc1cccnc1C1CCCC(c2nccc(Cc3ccccc3OC(F)F)c2C)N1. The van der Waals surface area contributed by atoms with Crippen molar-refractivity contribution in [3.63, 3.8) is 0 Å². The molecular formula is C25H27F2N3O. The van der Waals surface area contributed by atoms with E-state index < -0.39 is 6.61 Å². The molecule has 3 aromatic rings. The largest absolute Gasteiger partial charge is 0.435 e. The summed E-state index contributed by atoms with van der Waals surface area (Å²) in [7, 11) is 0. The van der Waals surface area contributed by atoms with Crippen LogP contribution < -0.4 is 10.1 Å². The van der Waals surface area contributed by atoms with E-state index in [1.807, 2.05) is 36.7 Å². The number of hydrogen-bond donors (Lipinski definition) is 1. The fraction of sp³-hybridized carbons (Fsp3) is 0.360. The average molecular weight is 424 g/mol. The molecule has 0 amide bonds. The number of benzene rings is 1. The molecule has 2 aromatic heterocycles. The summed E-state index contributed by atoms with van der Waals surface area (Å²) in [4.78, 5) is 9.29. The number of aryl methyl sites for hydroxylation is 1. The summed E-state index contributed by atoms with van der Waals surface area (Å²) in [6.45, 7) is 1.32. The van der Waals surface area contributed by atoms with Crippen LogP contribution in [0, 0.1) is 13.8 Å². The molecule has 3 heterocycles. The third-order valence-corrected chi connectivity index (χ3v) is 6.02. The molecule has 0 spiro atoms. The maximum atomic E-state index is 12.8. The van der Waals surface area contributed by atoms with Crippen LogP contribution in [0.2, 0.25) is 0 Å². The van der Waals surface area contributed by atoms with E-state index >= 15 is 0 Å². The van der Waals surface area contributed by atoms with Gasteiger partial charge in [0.05, 0.1) is 23.5 Å². The minimum absolute atomic E-state index is 0.132. The standard InChI is InChI=1S/C25H27F2N3O/c1-16-7-6-13-28-23(16)20-9-5-10-21(30-20)24-17(2)18(12-14-29-24)15-19-8-3-4-11-22(19)31-25(26)27/h3-4,6-8,11-14,20-21,25,30H,5,9-10,15H2,1-2H3. The van der Waals surface area contributed by atoms with Gasteiger partial charge in [-0.3, -0.25) is 9.97 Å². The van der Waals surface area contributed by atoms with Crippen LogP contribution in [-0.2, 0) is 6.42 Å². The van der Waals surface area contributed by atoms with Crippen LogP contribution in [-0.4, -0.2) is 16.6 Å². The molecule has 2 unspecified atom stereocenters. The Kier molecular flexibility index (Phi) is 6.56. The highest BCUT2D eigenvalue weighted by Gasteiger charge is 2.27. The minimum atomic E-state index is -2.84. The molecule has 1 saturated heterocycles. The van der Waals surface area contributed by atoms with E-state index in [4.69, 9.17) is 9.72 Å². The molecule has 4 nitrogen and oxygen atoms in total. The van der Waals surface area contributed by atoms with Crippen molar-refractivity contribution < 1.29 is 13.5 Å². The molecule has 1 aromatic carbocycles. The number of nitrogens with one attached hydrogen (secondary N) is 1. The third-order valence-electron chi connectivity index (χ3n) is 6.02. The molecule has 31 heavy (non-hydrogen) atoms. The molecule has 2 atom stereocenters. The first-order chi connectivity index (χ1) is 15.0. The number of aromatic nitrogens is 2. The number of rotatable bonds is 6. The topological polar surface area (TPSA) is 47.0 Å². The van der Waals surface area contributed by atoms with E-state index in [1.54, 1.807) is 12.1 Å². The van der Waals surface area contributed by atoms with Gasteiger partial charge in [-0.05, 0) is 73.6 Å². The Morgan fingerprint density at radius 3 is 2.45 bits per heavy atom. The van der Waals surface area contributed by atoms with Gasteiger partial charge in [0, 0.05) is 18.8 Å². The third kappa shape index (κ3) is 4.90. The van der Waals surface area contributed by atoms with Crippen LogP contribution in [0.5, 0.6) is 5.75 Å². The summed E-state index contributed by atoms with van der Waals surface area (Å²) >= 11 is 0. The molecule has 0 saturated carbocycles. The van der Waals surface area contributed by atoms with Gasteiger partial charge in [0.2, 0.25) is 0 Å². The van der Waals surface area contributed by atoms with Crippen LogP contribution in [0.15, 0.2) is 54.9 Å². The zero-order valence-electron chi connectivity index (χ0n) is 17.8. The Morgan fingerprint density at radius 2 is 1.68 bits per heavy atom. The Labute approximate surface area is 181 Å². The Morgan fingerprint density at radius 1 is 0.935 bits per heavy atom. The number of nitrogens with zero attached hydrogens (tertiary/aromatic N) is 2. The summed E-state index contributed by atoms with van der Waals surface area (Å²) in [5.74, 6) is 0.219. The van der Waals surface area contributed by atoms with Crippen LogP contribution in [0.4, 0.5) is 8.78 Å². The Bertz CT molecular complexity index is 1040. The smallest absolute Gasteiger partial charge is 0.387 e. The van der Waals surface area contributed by atoms with Crippen LogP contribution in [0.3, 0.4) is 0 Å². The van der Waals surface area contributed by atoms with Gasteiger partial charge in [-0.2, -0.15) is 8.78 Å². The number of para-hydroxylation sites is 1. The Balaban J connectivity index is 1.58. The molecule has 0 bridgehead atoms. The van der Waals surface area contributed by atoms with E-state index in [9.17, 15) is 8.78 Å². The molecule has 0 aliphatic carbocycles. The molecule has 4 rings (SSSR count). The molecule has 1 N–H and O–H groups in total. The van der Waals surface area contributed by atoms with Gasteiger partial charge >= 0.3 is 6.61 Å². The van der Waals surface area contributed by atoms with Gasteiger partial charge in [-0.1, -0.05) is 24.3 Å². The quantitative estimate of drug-likeness (QED) is 0.541. The fourth-order valence-corrected chi connectivity index (χ4v) is 4.43. The van der Waals surface area contributed by atoms with Crippen molar-refractivity contribution in [2.24, 2.45) is 0 Å². The number of hydrogen-bond acceptors (Lipinski definition) is 4. The van der Waals surface area contributed by atoms with E-state index in [1.165, 1.54) is 5.56 Å². The highest BCUT2D eigenvalue weighted by atomic mass is 19.3. The van der Waals surface area contributed by atoms with Crippen molar-refractivity contribution >= 4 is 0 Å². The number of alkyl halides is 2.